The van der Waals surface area contributed by atoms with E-state index in [0.29, 0.717) is 16.3 Å². The highest BCUT2D eigenvalue weighted by Crippen LogP contribution is 2.20. The summed E-state index contributed by atoms with van der Waals surface area (Å²) >= 11 is 7.56. The van der Waals surface area contributed by atoms with E-state index in [-0.39, 0.29) is 5.91 Å². The first kappa shape index (κ1) is 21.0. The van der Waals surface area contributed by atoms with E-state index >= 15 is 0 Å². The molecule has 0 aliphatic heterocycles. The van der Waals surface area contributed by atoms with Crippen molar-refractivity contribution in [2.75, 3.05) is 0 Å². The SMILES string of the molecule is C/C(=N\NC(=O)c1ccc(CSc2nc(C)cc(C)n2)cc1)c1cccc(Cl)c1. The number of thioether (sulfide) groups is 1. The van der Waals surface area contributed by atoms with Gasteiger partial charge in [0.15, 0.2) is 5.16 Å². The third-order valence-electron chi connectivity index (χ3n) is 4.11. The van der Waals surface area contributed by atoms with Crippen LogP contribution in [0.25, 0.3) is 0 Å². The van der Waals surface area contributed by atoms with Gasteiger partial charge in [0.25, 0.3) is 5.91 Å². The second-order valence-corrected chi connectivity index (χ2v) is 7.95. The molecule has 0 saturated carbocycles. The Kier molecular flexibility index (Phi) is 7.01. The fraction of sp³-hybridized carbons (Fsp3) is 0.182. The lowest BCUT2D eigenvalue weighted by Crippen LogP contribution is -2.19. The lowest BCUT2D eigenvalue weighted by atomic mass is 10.1. The van der Waals surface area contributed by atoms with Gasteiger partial charge in [0.05, 0.1) is 5.71 Å². The first-order valence-electron chi connectivity index (χ1n) is 9.05. The summed E-state index contributed by atoms with van der Waals surface area (Å²) in [6.45, 7) is 5.74. The van der Waals surface area contributed by atoms with Gasteiger partial charge in [-0.1, -0.05) is 47.6 Å². The number of hydrogen-bond acceptors (Lipinski definition) is 5. The number of hydrogen-bond donors (Lipinski definition) is 1. The Morgan fingerprint density at radius 3 is 2.38 bits per heavy atom. The number of nitrogens with one attached hydrogen (secondary N) is 1. The van der Waals surface area contributed by atoms with Crippen molar-refractivity contribution in [1.29, 1.82) is 0 Å². The van der Waals surface area contributed by atoms with Crippen molar-refractivity contribution in [3.05, 3.63) is 87.7 Å². The van der Waals surface area contributed by atoms with Crippen molar-refractivity contribution in [3.8, 4) is 0 Å². The summed E-state index contributed by atoms with van der Waals surface area (Å²) in [7, 11) is 0. The van der Waals surface area contributed by atoms with Crippen LogP contribution in [0.5, 0.6) is 0 Å². The Labute approximate surface area is 179 Å². The highest BCUT2D eigenvalue weighted by molar-refractivity contribution is 7.98. The van der Waals surface area contributed by atoms with Crippen LogP contribution in [-0.4, -0.2) is 21.6 Å². The summed E-state index contributed by atoms with van der Waals surface area (Å²) < 4.78 is 0. The van der Waals surface area contributed by atoms with Crippen molar-refractivity contribution in [2.24, 2.45) is 5.10 Å². The van der Waals surface area contributed by atoms with E-state index in [4.69, 9.17) is 11.6 Å². The molecule has 29 heavy (non-hydrogen) atoms. The average Bonchev–Trinajstić information content (AvgIpc) is 2.70. The Balaban J connectivity index is 1.59. The minimum Gasteiger partial charge on any atom is -0.267 e. The topological polar surface area (TPSA) is 67.2 Å². The fourth-order valence-electron chi connectivity index (χ4n) is 2.64. The second-order valence-electron chi connectivity index (χ2n) is 6.57. The molecule has 0 aliphatic carbocycles. The Bertz CT molecular complexity index is 1030. The van der Waals surface area contributed by atoms with E-state index in [1.807, 2.05) is 51.1 Å². The number of aromatic nitrogens is 2. The average molecular weight is 425 g/mol. The van der Waals surface area contributed by atoms with Gasteiger partial charge < -0.3 is 0 Å². The van der Waals surface area contributed by atoms with Crippen LogP contribution in [0.15, 0.2) is 64.9 Å². The molecule has 0 radical (unpaired) electrons. The van der Waals surface area contributed by atoms with Crippen LogP contribution in [0, 0.1) is 13.8 Å². The van der Waals surface area contributed by atoms with Crippen molar-refractivity contribution in [3.63, 3.8) is 0 Å². The van der Waals surface area contributed by atoms with Crippen molar-refractivity contribution >= 4 is 35.0 Å². The molecule has 0 bridgehead atoms. The number of aryl methyl sites for hydroxylation is 2. The number of hydrazone groups is 1. The molecule has 148 valence electrons. The van der Waals surface area contributed by atoms with Crippen LogP contribution in [-0.2, 0) is 5.75 Å². The highest BCUT2D eigenvalue weighted by Gasteiger charge is 2.07. The van der Waals surface area contributed by atoms with E-state index < -0.39 is 0 Å². The van der Waals surface area contributed by atoms with Gasteiger partial charge in [-0.3, -0.25) is 4.79 Å². The van der Waals surface area contributed by atoms with Crippen molar-refractivity contribution < 1.29 is 4.79 Å². The monoisotopic (exact) mass is 424 g/mol. The minimum atomic E-state index is -0.261. The number of halogens is 1. The molecular formula is C22H21ClN4OS. The molecular weight excluding hydrogens is 404 g/mol. The maximum atomic E-state index is 12.3. The first-order chi connectivity index (χ1) is 13.9. The van der Waals surface area contributed by atoms with Gasteiger partial charge in [-0.25, -0.2) is 15.4 Å². The van der Waals surface area contributed by atoms with Crippen molar-refractivity contribution in [1.82, 2.24) is 15.4 Å². The summed E-state index contributed by atoms with van der Waals surface area (Å²) in [6, 6.07) is 16.7. The number of rotatable bonds is 6. The Hall–Kier alpha value is -2.70. The quantitative estimate of drug-likeness (QED) is 0.256. The van der Waals surface area contributed by atoms with Crippen LogP contribution < -0.4 is 5.43 Å². The largest absolute Gasteiger partial charge is 0.271 e. The highest BCUT2D eigenvalue weighted by atomic mass is 35.5. The summed E-state index contributed by atoms with van der Waals surface area (Å²) in [5.41, 5.74) is 7.68. The number of amides is 1. The summed E-state index contributed by atoms with van der Waals surface area (Å²) in [4.78, 5) is 21.2. The Morgan fingerprint density at radius 2 is 1.72 bits per heavy atom. The van der Waals surface area contributed by atoms with Gasteiger partial charge in [0.2, 0.25) is 0 Å². The number of carbonyl (C=O) groups is 1. The molecule has 0 spiro atoms. The van der Waals surface area contributed by atoms with E-state index in [9.17, 15) is 4.79 Å². The maximum absolute atomic E-state index is 12.3. The Morgan fingerprint density at radius 1 is 1.03 bits per heavy atom. The molecule has 0 atom stereocenters. The van der Waals surface area contributed by atoms with Gasteiger partial charge in [-0.05, 0) is 62.2 Å². The lowest BCUT2D eigenvalue weighted by molar-refractivity contribution is 0.0955. The molecule has 1 amide bonds. The minimum absolute atomic E-state index is 0.261. The lowest BCUT2D eigenvalue weighted by Gasteiger charge is -2.06. The summed E-state index contributed by atoms with van der Waals surface area (Å²) in [5.74, 6) is 0.472. The molecule has 0 aliphatic rings. The molecule has 2 aromatic carbocycles. The van der Waals surface area contributed by atoms with Gasteiger partial charge >= 0.3 is 0 Å². The predicted octanol–water partition coefficient (Wildman–Crippen LogP) is 5.19. The van der Waals surface area contributed by atoms with Gasteiger partial charge in [0.1, 0.15) is 0 Å². The van der Waals surface area contributed by atoms with Crippen LogP contribution in [0.1, 0.15) is 39.8 Å². The van der Waals surface area contributed by atoms with Crippen LogP contribution in [0.3, 0.4) is 0 Å². The standard InChI is InChI=1S/C22H21ClN4OS/c1-14-11-15(2)25-22(24-14)29-13-17-7-9-18(10-8-17)21(28)27-26-16(3)19-5-4-6-20(23)12-19/h4-12H,13H2,1-3H3,(H,27,28)/b26-16+. The van der Waals surface area contributed by atoms with E-state index in [1.54, 1.807) is 36.0 Å². The fourth-order valence-corrected chi connectivity index (χ4v) is 3.73. The number of carbonyl (C=O) groups excluding carboxylic acids is 1. The predicted molar refractivity (Wildman–Crippen MR) is 119 cm³/mol. The molecule has 1 aromatic heterocycles. The molecule has 3 rings (SSSR count). The summed E-state index contributed by atoms with van der Waals surface area (Å²) in [5, 5.41) is 5.55. The first-order valence-corrected chi connectivity index (χ1v) is 10.4. The molecule has 0 fully saturated rings. The maximum Gasteiger partial charge on any atom is 0.271 e. The zero-order valence-electron chi connectivity index (χ0n) is 16.4. The van der Waals surface area contributed by atoms with Crippen LogP contribution in [0.4, 0.5) is 0 Å². The second kappa shape index (κ2) is 9.67. The van der Waals surface area contributed by atoms with Gasteiger partial charge in [-0.2, -0.15) is 5.10 Å². The zero-order chi connectivity index (χ0) is 20.8. The smallest absolute Gasteiger partial charge is 0.267 e. The third-order valence-corrected chi connectivity index (χ3v) is 5.27. The molecule has 0 unspecified atom stereocenters. The van der Waals surface area contributed by atoms with Crippen LogP contribution >= 0.6 is 23.4 Å². The molecule has 1 heterocycles. The van der Waals surface area contributed by atoms with Crippen LogP contribution in [0.2, 0.25) is 5.02 Å². The molecule has 1 N–H and O–H groups in total. The van der Waals surface area contributed by atoms with Crippen molar-refractivity contribution in [2.45, 2.75) is 31.7 Å². The number of benzene rings is 2. The van der Waals surface area contributed by atoms with E-state index in [1.165, 1.54) is 0 Å². The van der Waals surface area contributed by atoms with E-state index in [2.05, 4.69) is 20.5 Å². The molecule has 0 saturated heterocycles. The third kappa shape index (κ3) is 6.14. The molecule has 7 heteroatoms. The normalized spacial score (nSPS) is 11.4. The molecule has 5 nitrogen and oxygen atoms in total. The summed E-state index contributed by atoms with van der Waals surface area (Å²) in [6.07, 6.45) is 0. The van der Waals surface area contributed by atoms with E-state index in [0.717, 1.165) is 33.4 Å². The van der Waals surface area contributed by atoms with Gasteiger partial charge in [0, 0.05) is 27.7 Å². The number of nitrogens with zero attached hydrogens (tertiary/aromatic N) is 3. The van der Waals surface area contributed by atoms with Gasteiger partial charge in [-0.15, -0.1) is 0 Å². The molecule has 3 aromatic rings. The zero-order valence-corrected chi connectivity index (χ0v) is 18.0.